The molecule has 0 aliphatic carbocycles. The average Bonchev–Trinajstić information content (AvgIpc) is 2.67. The smallest absolute Gasteiger partial charge is 0.277 e. The normalized spacial score (nSPS) is 17.3. The summed E-state index contributed by atoms with van der Waals surface area (Å²) in [6, 6.07) is 8.18. The predicted molar refractivity (Wildman–Crippen MR) is 99.3 cm³/mol. The van der Waals surface area contributed by atoms with E-state index in [1.54, 1.807) is 0 Å². The molecule has 1 amide bonds. The number of nitrogens with zero attached hydrogens (tertiary/aromatic N) is 4. The number of anilines is 2. The SMILES string of the molecule is Cc1ccc2c(c1)CCCN2C(=O)c1cc(N2CCCCC2)ncn1. The zero-order valence-electron chi connectivity index (χ0n) is 14.7. The van der Waals surface area contributed by atoms with Crippen LogP contribution in [-0.4, -0.2) is 35.5 Å². The van der Waals surface area contributed by atoms with Crippen LogP contribution in [0.3, 0.4) is 0 Å². The molecule has 0 atom stereocenters. The molecule has 130 valence electrons. The lowest BCUT2D eigenvalue weighted by atomic mass is 9.99. The van der Waals surface area contributed by atoms with E-state index in [1.807, 2.05) is 11.0 Å². The van der Waals surface area contributed by atoms with E-state index >= 15 is 0 Å². The van der Waals surface area contributed by atoms with Crippen molar-refractivity contribution in [3.8, 4) is 0 Å². The molecule has 1 aromatic carbocycles. The van der Waals surface area contributed by atoms with E-state index in [0.29, 0.717) is 5.69 Å². The van der Waals surface area contributed by atoms with Gasteiger partial charge in [-0.1, -0.05) is 17.7 Å². The van der Waals surface area contributed by atoms with Gasteiger partial charge in [-0.25, -0.2) is 9.97 Å². The fraction of sp³-hybridized carbons (Fsp3) is 0.450. The van der Waals surface area contributed by atoms with Crippen molar-refractivity contribution in [2.75, 3.05) is 29.4 Å². The lowest BCUT2D eigenvalue weighted by molar-refractivity contribution is 0.0980. The molecule has 4 rings (SSSR count). The van der Waals surface area contributed by atoms with Gasteiger partial charge in [0.15, 0.2) is 0 Å². The lowest BCUT2D eigenvalue weighted by Crippen LogP contribution is -2.36. The van der Waals surface area contributed by atoms with Crippen LogP contribution in [-0.2, 0) is 6.42 Å². The van der Waals surface area contributed by atoms with Crippen molar-refractivity contribution >= 4 is 17.4 Å². The number of hydrogen-bond acceptors (Lipinski definition) is 4. The Labute approximate surface area is 148 Å². The molecule has 0 radical (unpaired) electrons. The highest BCUT2D eigenvalue weighted by Gasteiger charge is 2.25. The minimum Gasteiger partial charge on any atom is -0.357 e. The summed E-state index contributed by atoms with van der Waals surface area (Å²) in [5.41, 5.74) is 4.01. The Morgan fingerprint density at radius 2 is 1.84 bits per heavy atom. The zero-order chi connectivity index (χ0) is 17.2. The van der Waals surface area contributed by atoms with Gasteiger partial charge in [0.25, 0.3) is 5.91 Å². The number of hydrogen-bond donors (Lipinski definition) is 0. The Morgan fingerprint density at radius 1 is 1.00 bits per heavy atom. The largest absolute Gasteiger partial charge is 0.357 e. The van der Waals surface area contributed by atoms with Crippen LogP contribution in [0, 0.1) is 6.92 Å². The molecule has 2 aliphatic heterocycles. The number of aromatic nitrogens is 2. The van der Waals surface area contributed by atoms with Crippen LogP contribution < -0.4 is 9.80 Å². The van der Waals surface area contributed by atoms with Gasteiger partial charge >= 0.3 is 0 Å². The van der Waals surface area contributed by atoms with E-state index in [2.05, 4.69) is 40.0 Å². The third kappa shape index (κ3) is 3.23. The second kappa shape index (κ2) is 6.82. The Balaban J connectivity index is 1.61. The van der Waals surface area contributed by atoms with Crippen LogP contribution in [0.1, 0.15) is 47.3 Å². The first-order chi connectivity index (χ1) is 12.2. The number of rotatable bonds is 2. The Hall–Kier alpha value is -2.43. The quantitative estimate of drug-likeness (QED) is 0.844. The first-order valence-electron chi connectivity index (χ1n) is 9.21. The maximum atomic E-state index is 13.1. The minimum absolute atomic E-state index is 0.0227. The van der Waals surface area contributed by atoms with E-state index in [1.165, 1.54) is 36.7 Å². The molecule has 0 spiro atoms. The molecule has 5 nitrogen and oxygen atoms in total. The van der Waals surface area contributed by atoms with Crippen LogP contribution >= 0.6 is 0 Å². The monoisotopic (exact) mass is 336 g/mol. The van der Waals surface area contributed by atoms with Crippen molar-refractivity contribution in [1.82, 2.24) is 9.97 Å². The van der Waals surface area contributed by atoms with Gasteiger partial charge in [0.2, 0.25) is 0 Å². The number of piperidine rings is 1. The molecule has 3 heterocycles. The van der Waals surface area contributed by atoms with E-state index in [0.717, 1.165) is 44.0 Å². The van der Waals surface area contributed by atoms with Gasteiger partial charge < -0.3 is 9.80 Å². The van der Waals surface area contributed by atoms with Gasteiger partial charge in [-0.15, -0.1) is 0 Å². The fourth-order valence-electron chi connectivity index (χ4n) is 3.84. The van der Waals surface area contributed by atoms with Gasteiger partial charge in [-0.05, 0) is 50.7 Å². The number of carbonyl (C=O) groups excluding carboxylic acids is 1. The van der Waals surface area contributed by atoms with E-state index in [4.69, 9.17) is 0 Å². The number of amides is 1. The summed E-state index contributed by atoms with van der Waals surface area (Å²) in [6.45, 7) is 4.86. The molecule has 5 heteroatoms. The highest BCUT2D eigenvalue weighted by atomic mass is 16.2. The average molecular weight is 336 g/mol. The lowest BCUT2D eigenvalue weighted by Gasteiger charge is -2.30. The van der Waals surface area contributed by atoms with Gasteiger partial charge in [0.05, 0.1) is 0 Å². The fourth-order valence-corrected chi connectivity index (χ4v) is 3.84. The maximum Gasteiger partial charge on any atom is 0.277 e. The molecule has 1 saturated heterocycles. The van der Waals surface area contributed by atoms with E-state index in [9.17, 15) is 4.79 Å². The van der Waals surface area contributed by atoms with Gasteiger partial charge in [0.1, 0.15) is 17.8 Å². The van der Waals surface area contributed by atoms with Gasteiger partial charge in [0, 0.05) is 31.4 Å². The van der Waals surface area contributed by atoms with Crippen molar-refractivity contribution in [3.05, 3.63) is 47.4 Å². The summed E-state index contributed by atoms with van der Waals surface area (Å²) in [5, 5.41) is 0. The molecule has 1 aromatic heterocycles. The van der Waals surface area contributed by atoms with E-state index < -0.39 is 0 Å². The predicted octanol–water partition coefficient (Wildman–Crippen LogP) is 3.37. The van der Waals surface area contributed by atoms with Crippen LogP contribution in [0.2, 0.25) is 0 Å². The summed E-state index contributed by atoms with van der Waals surface area (Å²) < 4.78 is 0. The summed E-state index contributed by atoms with van der Waals surface area (Å²) in [6.07, 6.45) is 7.20. The molecule has 0 unspecified atom stereocenters. The van der Waals surface area contributed by atoms with E-state index in [-0.39, 0.29) is 5.91 Å². The highest BCUT2D eigenvalue weighted by Crippen LogP contribution is 2.29. The molecule has 0 saturated carbocycles. The Bertz CT molecular complexity index is 783. The summed E-state index contributed by atoms with van der Waals surface area (Å²) >= 11 is 0. The van der Waals surface area contributed by atoms with Crippen LogP contribution in [0.4, 0.5) is 11.5 Å². The number of carbonyl (C=O) groups is 1. The molecular formula is C20H24N4O. The topological polar surface area (TPSA) is 49.3 Å². The van der Waals surface area contributed by atoms with Crippen molar-refractivity contribution in [2.24, 2.45) is 0 Å². The molecule has 25 heavy (non-hydrogen) atoms. The van der Waals surface area contributed by atoms with Crippen LogP contribution in [0.15, 0.2) is 30.6 Å². The molecular weight excluding hydrogens is 312 g/mol. The summed E-state index contributed by atoms with van der Waals surface area (Å²) in [7, 11) is 0. The molecule has 1 fully saturated rings. The van der Waals surface area contributed by atoms with Gasteiger partial charge in [-0.3, -0.25) is 4.79 Å². The molecule has 2 aliphatic rings. The Morgan fingerprint density at radius 3 is 2.68 bits per heavy atom. The zero-order valence-corrected chi connectivity index (χ0v) is 14.7. The van der Waals surface area contributed by atoms with Crippen molar-refractivity contribution in [2.45, 2.75) is 39.0 Å². The van der Waals surface area contributed by atoms with Crippen molar-refractivity contribution in [3.63, 3.8) is 0 Å². The first-order valence-corrected chi connectivity index (χ1v) is 9.21. The summed E-state index contributed by atoms with van der Waals surface area (Å²) in [4.78, 5) is 25.9. The second-order valence-corrected chi connectivity index (χ2v) is 7.00. The minimum atomic E-state index is -0.0227. The highest BCUT2D eigenvalue weighted by molar-refractivity contribution is 6.05. The molecule has 0 bridgehead atoms. The van der Waals surface area contributed by atoms with Gasteiger partial charge in [-0.2, -0.15) is 0 Å². The number of benzene rings is 1. The molecule has 2 aromatic rings. The van der Waals surface area contributed by atoms with Crippen molar-refractivity contribution in [1.29, 1.82) is 0 Å². The number of fused-ring (bicyclic) bond motifs is 1. The summed E-state index contributed by atoms with van der Waals surface area (Å²) in [5.74, 6) is 0.852. The maximum absolute atomic E-state index is 13.1. The standard InChI is InChI=1S/C20H24N4O/c1-15-7-8-18-16(12-15)6-5-11-24(18)20(25)17-13-19(22-14-21-17)23-9-3-2-4-10-23/h7-8,12-14H,2-6,9-11H2,1H3. The Kier molecular flexibility index (Phi) is 4.38. The number of aryl methyl sites for hydroxylation is 2. The van der Waals surface area contributed by atoms with Crippen LogP contribution in [0.25, 0.3) is 0 Å². The second-order valence-electron chi connectivity index (χ2n) is 7.00. The van der Waals surface area contributed by atoms with Crippen LogP contribution in [0.5, 0.6) is 0 Å². The third-order valence-electron chi connectivity index (χ3n) is 5.15. The third-order valence-corrected chi connectivity index (χ3v) is 5.15. The first kappa shape index (κ1) is 16.1. The van der Waals surface area contributed by atoms with Crippen molar-refractivity contribution < 1.29 is 4.79 Å². The molecule has 0 N–H and O–H groups in total.